The van der Waals surface area contributed by atoms with E-state index in [-0.39, 0.29) is 0 Å². The van der Waals surface area contributed by atoms with Gasteiger partial charge in [0.05, 0.1) is 18.0 Å². The van der Waals surface area contributed by atoms with Crippen molar-refractivity contribution < 1.29 is 13.2 Å². The van der Waals surface area contributed by atoms with Gasteiger partial charge in [-0.2, -0.15) is 0 Å². The van der Waals surface area contributed by atoms with Crippen molar-refractivity contribution in [3.63, 3.8) is 0 Å². The van der Waals surface area contributed by atoms with Gasteiger partial charge in [-0.05, 0) is 49.4 Å². The molecule has 2 aromatic rings. The molecule has 1 saturated carbocycles. The van der Waals surface area contributed by atoms with Crippen LogP contribution in [0, 0.1) is 5.92 Å². The number of hydrogen-bond acceptors (Lipinski definition) is 4. The average molecular weight is 416 g/mol. The summed E-state index contributed by atoms with van der Waals surface area (Å²) < 4.78 is 29.1. The summed E-state index contributed by atoms with van der Waals surface area (Å²) in [5.41, 5.74) is 2.04. The number of nitrogens with zero attached hydrogens (tertiary/aromatic N) is 1. The van der Waals surface area contributed by atoms with E-state index in [1.165, 1.54) is 19.1 Å². The highest BCUT2D eigenvalue weighted by Gasteiger charge is 2.22. The predicted octanol–water partition coefficient (Wildman–Crippen LogP) is 3.13. The highest BCUT2D eigenvalue weighted by atomic mass is 32.2. The van der Waals surface area contributed by atoms with Crippen LogP contribution in [0.3, 0.4) is 0 Å². The normalized spacial score (nSPS) is 14.5. The molecule has 3 rings (SSSR count). The number of sulfone groups is 1. The second-order valence-electron chi connectivity index (χ2n) is 7.33. The summed E-state index contributed by atoms with van der Waals surface area (Å²) in [6.07, 6.45) is 3.74. The minimum atomic E-state index is -3.18. The van der Waals surface area contributed by atoms with Gasteiger partial charge in [-0.1, -0.05) is 30.3 Å². The zero-order valence-corrected chi connectivity index (χ0v) is 17.8. The van der Waals surface area contributed by atoms with E-state index in [0.717, 1.165) is 30.0 Å². The second-order valence-corrected chi connectivity index (χ2v) is 9.34. The molecule has 7 heteroatoms. The third-order valence-electron chi connectivity index (χ3n) is 4.71. The number of hydrogen-bond donors (Lipinski definition) is 2. The number of ether oxygens (including phenoxy) is 1. The van der Waals surface area contributed by atoms with Gasteiger partial charge >= 0.3 is 0 Å². The van der Waals surface area contributed by atoms with Gasteiger partial charge in [0.15, 0.2) is 15.8 Å². The lowest BCUT2D eigenvalue weighted by Gasteiger charge is -2.14. The smallest absolute Gasteiger partial charge is 0.191 e. The lowest BCUT2D eigenvalue weighted by molar-refractivity contribution is 0.296. The van der Waals surface area contributed by atoms with E-state index in [2.05, 4.69) is 21.7 Å². The van der Waals surface area contributed by atoms with Gasteiger partial charge in [-0.25, -0.2) is 13.4 Å². The molecule has 0 atom stereocenters. The van der Waals surface area contributed by atoms with Crippen molar-refractivity contribution in [2.45, 2.75) is 37.8 Å². The van der Waals surface area contributed by atoms with E-state index >= 15 is 0 Å². The molecule has 0 radical (unpaired) electrons. The van der Waals surface area contributed by atoms with Crippen molar-refractivity contribution >= 4 is 15.8 Å². The summed E-state index contributed by atoms with van der Waals surface area (Å²) in [5, 5.41) is 6.59. The van der Waals surface area contributed by atoms with Crippen molar-refractivity contribution in [2.75, 3.05) is 19.4 Å². The van der Waals surface area contributed by atoms with Gasteiger partial charge in [0.25, 0.3) is 0 Å². The van der Waals surface area contributed by atoms with Crippen LogP contribution >= 0.6 is 0 Å². The lowest BCUT2D eigenvalue weighted by atomic mass is 10.2. The van der Waals surface area contributed by atoms with Crippen LogP contribution in [-0.2, 0) is 22.9 Å². The first-order valence-electron chi connectivity index (χ1n) is 9.97. The topological polar surface area (TPSA) is 79.8 Å². The van der Waals surface area contributed by atoms with Crippen LogP contribution in [0.15, 0.2) is 58.4 Å². The van der Waals surface area contributed by atoms with Gasteiger partial charge < -0.3 is 15.4 Å². The molecule has 0 heterocycles. The Morgan fingerprint density at radius 1 is 1.10 bits per heavy atom. The minimum absolute atomic E-state index is 0.318. The first kappa shape index (κ1) is 21.2. The van der Waals surface area contributed by atoms with Crippen LogP contribution in [0.4, 0.5) is 0 Å². The third kappa shape index (κ3) is 6.78. The van der Waals surface area contributed by atoms with Gasteiger partial charge in [0.2, 0.25) is 0 Å². The molecule has 1 aliphatic carbocycles. The molecule has 0 bridgehead atoms. The van der Waals surface area contributed by atoms with Gasteiger partial charge in [-0.3, -0.25) is 0 Å². The highest BCUT2D eigenvalue weighted by Crippen LogP contribution is 2.30. The Bertz CT molecular complexity index is 936. The number of rotatable bonds is 9. The summed E-state index contributed by atoms with van der Waals surface area (Å²) in [6.45, 7) is 4.62. The zero-order valence-electron chi connectivity index (χ0n) is 17.0. The van der Waals surface area contributed by atoms with Gasteiger partial charge in [0.1, 0.15) is 5.75 Å². The first-order valence-corrected chi connectivity index (χ1v) is 11.9. The summed E-state index contributed by atoms with van der Waals surface area (Å²) in [7, 11) is -3.18. The molecule has 1 aliphatic rings. The Morgan fingerprint density at radius 2 is 1.83 bits per heavy atom. The zero-order chi connectivity index (χ0) is 20.7. The molecular weight excluding hydrogens is 386 g/mol. The van der Waals surface area contributed by atoms with Crippen LogP contribution in [0.1, 0.15) is 30.9 Å². The van der Waals surface area contributed by atoms with E-state index in [9.17, 15) is 8.42 Å². The fourth-order valence-corrected chi connectivity index (χ4v) is 3.45. The van der Waals surface area contributed by atoms with Crippen molar-refractivity contribution in [2.24, 2.45) is 10.9 Å². The fourth-order valence-electron chi connectivity index (χ4n) is 2.82. The number of nitrogens with one attached hydrogen (secondary N) is 2. The van der Waals surface area contributed by atoms with Crippen LogP contribution in [0.25, 0.3) is 0 Å². The predicted molar refractivity (Wildman–Crippen MR) is 116 cm³/mol. The summed E-state index contributed by atoms with van der Waals surface area (Å²) in [5.74, 6) is 2.33. The van der Waals surface area contributed by atoms with Crippen molar-refractivity contribution in [1.29, 1.82) is 0 Å². The van der Waals surface area contributed by atoms with Crippen molar-refractivity contribution in [3.05, 3.63) is 59.7 Å². The molecule has 2 aromatic carbocycles. The maximum absolute atomic E-state index is 11.6. The standard InChI is InChI=1S/C22H29N3O3S/c1-3-23-22(24-14-17-10-12-20(13-11-17)29(2,26)27)25-15-19-6-4-5-7-21(19)28-16-18-8-9-18/h4-7,10-13,18H,3,8-9,14-16H2,1-2H3,(H2,23,24,25). The Kier molecular flexibility index (Phi) is 7.14. The largest absolute Gasteiger partial charge is 0.493 e. The number of para-hydroxylation sites is 1. The van der Waals surface area contributed by atoms with E-state index in [1.54, 1.807) is 24.3 Å². The first-order chi connectivity index (χ1) is 14.0. The summed E-state index contributed by atoms with van der Waals surface area (Å²) >= 11 is 0. The maximum atomic E-state index is 11.6. The number of benzene rings is 2. The Labute approximate surface area is 173 Å². The SMILES string of the molecule is CCNC(=NCc1ccc(S(C)(=O)=O)cc1)NCc1ccccc1OCC1CC1. The number of aliphatic imine (C=N–C) groups is 1. The second kappa shape index (κ2) is 9.78. The molecule has 6 nitrogen and oxygen atoms in total. The van der Waals surface area contributed by atoms with Crippen LogP contribution in [0.2, 0.25) is 0 Å². The van der Waals surface area contributed by atoms with E-state index < -0.39 is 9.84 Å². The molecular formula is C22H29N3O3S. The van der Waals surface area contributed by atoms with E-state index in [1.807, 2.05) is 25.1 Å². The lowest BCUT2D eigenvalue weighted by Crippen LogP contribution is -2.36. The Hall–Kier alpha value is -2.54. The van der Waals surface area contributed by atoms with Crippen LogP contribution < -0.4 is 15.4 Å². The van der Waals surface area contributed by atoms with Crippen molar-refractivity contribution in [3.8, 4) is 5.75 Å². The molecule has 156 valence electrons. The molecule has 2 N–H and O–H groups in total. The molecule has 0 aliphatic heterocycles. The molecule has 0 amide bonds. The monoisotopic (exact) mass is 415 g/mol. The van der Waals surface area contributed by atoms with Crippen LogP contribution in [0.5, 0.6) is 5.75 Å². The van der Waals surface area contributed by atoms with Crippen LogP contribution in [-0.4, -0.2) is 33.8 Å². The summed E-state index contributed by atoms with van der Waals surface area (Å²) in [4.78, 5) is 4.93. The minimum Gasteiger partial charge on any atom is -0.493 e. The molecule has 1 fully saturated rings. The highest BCUT2D eigenvalue weighted by molar-refractivity contribution is 7.90. The van der Waals surface area contributed by atoms with Gasteiger partial charge in [0, 0.05) is 24.9 Å². The molecule has 0 saturated heterocycles. The molecule has 0 aromatic heterocycles. The maximum Gasteiger partial charge on any atom is 0.191 e. The quantitative estimate of drug-likeness (QED) is 0.486. The Balaban J connectivity index is 1.61. The fraction of sp³-hybridized carbons (Fsp3) is 0.409. The molecule has 0 spiro atoms. The van der Waals surface area contributed by atoms with E-state index in [4.69, 9.17) is 4.74 Å². The average Bonchev–Trinajstić information content (AvgIpc) is 3.53. The summed E-state index contributed by atoms with van der Waals surface area (Å²) in [6, 6.07) is 14.9. The number of guanidine groups is 1. The molecule has 29 heavy (non-hydrogen) atoms. The Morgan fingerprint density at radius 3 is 2.48 bits per heavy atom. The molecule has 0 unspecified atom stereocenters. The van der Waals surface area contributed by atoms with Crippen molar-refractivity contribution in [1.82, 2.24) is 10.6 Å². The van der Waals surface area contributed by atoms with E-state index in [0.29, 0.717) is 29.9 Å². The third-order valence-corrected chi connectivity index (χ3v) is 5.83. The van der Waals surface area contributed by atoms with Gasteiger partial charge in [-0.15, -0.1) is 0 Å².